The Kier molecular flexibility index (Phi) is 4.97. The van der Waals surface area contributed by atoms with Gasteiger partial charge in [-0.15, -0.1) is 0 Å². The predicted molar refractivity (Wildman–Crippen MR) is 77.7 cm³/mol. The molecule has 2 N–H and O–H groups in total. The minimum atomic E-state index is 0.267. The van der Waals surface area contributed by atoms with E-state index in [-0.39, 0.29) is 11.9 Å². The van der Waals surface area contributed by atoms with Crippen LogP contribution in [0.2, 0.25) is 0 Å². The lowest BCUT2D eigenvalue weighted by Crippen LogP contribution is -2.49. The highest BCUT2D eigenvalue weighted by atomic mass is 16.2. The first-order valence-electron chi connectivity index (χ1n) is 7.28. The molecule has 2 rings (SSSR count). The minimum Gasteiger partial charge on any atom is -0.342 e. The Balaban J connectivity index is 1.83. The third-order valence-electron chi connectivity index (χ3n) is 4.14. The summed E-state index contributed by atoms with van der Waals surface area (Å²) in [6.07, 6.45) is 3.44. The molecule has 1 aliphatic heterocycles. The summed E-state index contributed by atoms with van der Waals surface area (Å²) in [4.78, 5) is 14.2. The van der Waals surface area contributed by atoms with Crippen molar-refractivity contribution in [1.82, 2.24) is 4.90 Å². The van der Waals surface area contributed by atoms with Gasteiger partial charge in [0.25, 0.3) is 0 Å². The summed E-state index contributed by atoms with van der Waals surface area (Å²) in [7, 11) is 0. The molecule has 0 saturated carbocycles. The molecule has 104 valence electrons. The van der Waals surface area contributed by atoms with Gasteiger partial charge in [-0.1, -0.05) is 43.7 Å². The quantitative estimate of drug-likeness (QED) is 0.902. The van der Waals surface area contributed by atoms with Crippen molar-refractivity contribution in [3.63, 3.8) is 0 Å². The fourth-order valence-corrected chi connectivity index (χ4v) is 2.76. The Morgan fingerprint density at radius 2 is 2.11 bits per heavy atom. The molecule has 0 aromatic heterocycles. The first-order chi connectivity index (χ1) is 9.20. The largest absolute Gasteiger partial charge is 0.342 e. The van der Waals surface area contributed by atoms with Crippen molar-refractivity contribution in [1.29, 1.82) is 0 Å². The van der Waals surface area contributed by atoms with Crippen LogP contribution in [0, 0.1) is 5.92 Å². The number of likely N-dealkylation sites (tertiary alicyclic amines) is 1. The average Bonchev–Trinajstić information content (AvgIpc) is 2.46. The molecule has 1 heterocycles. The van der Waals surface area contributed by atoms with Crippen LogP contribution in [-0.2, 0) is 11.2 Å². The molecule has 1 aliphatic rings. The maximum Gasteiger partial charge on any atom is 0.222 e. The van der Waals surface area contributed by atoms with Gasteiger partial charge in [-0.2, -0.15) is 0 Å². The van der Waals surface area contributed by atoms with Crippen LogP contribution in [0.15, 0.2) is 30.3 Å². The third-order valence-corrected chi connectivity index (χ3v) is 4.14. The number of benzene rings is 1. The van der Waals surface area contributed by atoms with Gasteiger partial charge in [0.15, 0.2) is 0 Å². The van der Waals surface area contributed by atoms with E-state index in [2.05, 4.69) is 19.1 Å². The van der Waals surface area contributed by atoms with Crippen molar-refractivity contribution >= 4 is 5.91 Å². The zero-order valence-electron chi connectivity index (χ0n) is 11.7. The second kappa shape index (κ2) is 6.71. The summed E-state index contributed by atoms with van der Waals surface area (Å²) in [6.45, 7) is 3.82. The van der Waals surface area contributed by atoms with Crippen LogP contribution in [0.1, 0.15) is 31.7 Å². The van der Waals surface area contributed by atoms with Crippen molar-refractivity contribution in [2.45, 2.75) is 38.6 Å². The molecule has 0 radical (unpaired) electrons. The van der Waals surface area contributed by atoms with Crippen molar-refractivity contribution in [2.24, 2.45) is 11.7 Å². The highest BCUT2D eigenvalue weighted by Crippen LogP contribution is 2.19. The minimum absolute atomic E-state index is 0.267. The maximum absolute atomic E-state index is 12.2. The summed E-state index contributed by atoms with van der Waals surface area (Å²) >= 11 is 0. The molecule has 19 heavy (non-hydrogen) atoms. The van der Waals surface area contributed by atoms with Crippen molar-refractivity contribution in [3.8, 4) is 0 Å². The Labute approximate surface area is 115 Å². The Morgan fingerprint density at radius 1 is 1.37 bits per heavy atom. The van der Waals surface area contributed by atoms with Gasteiger partial charge in [-0.05, 0) is 24.3 Å². The van der Waals surface area contributed by atoms with Crippen molar-refractivity contribution < 1.29 is 4.79 Å². The van der Waals surface area contributed by atoms with Crippen LogP contribution in [-0.4, -0.2) is 29.9 Å². The topological polar surface area (TPSA) is 46.3 Å². The number of hydrogen-bond donors (Lipinski definition) is 1. The first kappa shape index (κ1) is 14.1. The lowest BCUT2D eigenvalue weighted by atomic mass is 9.90. The lowest BCUT2D eigenvalue weighted by Gasteiger charge is -2.36. The van der Waals surface area contributed by atoms with Gasteiger partial charge in [0.05, 0.1) is 0 Å². The van der Waals surface area contributed by atoms with Crippen LogP contribution in [0.4, 0.5) is 0 Å². The van der Waals surface area contributed by atoms with Gasteiger partial charge in [-0.25, -0.2) is 0 Å². The van der Waals surface area contributed by atoms with Crippen LogP contribution in [0.5, 0.6) is 0 Å². The average molecular weight is 260 g/mol. The number of carbonyl (C=O) groups excluding carboxylic acids is 1. The zero-order chi connectivity index (χ0) is 13.7. The standard InChI is InChI=1S/C16H24N2O/c1-2-14-12-18(11-10-15(14)17)16(19)9-8-13-6-4-3-5-7-13/h3-7,14-15H,2,8-12,17H2,1H3. The van der Waals surface area contributed by atoms with E-state index in [9.17, 15) is 4.79 Å². The number of hydrogen-bond acceptors (Lipinski definition) is 2. The van der Waals surface area contributed by atoms with Gasteiger partial charge >= 0.3 is 0 Å². The molecule has 1 saturated heterocycles. The number of amides is 1. The highest BCUT2D eigenvalue weighted by molar-refractivity contribution is 5.76. The van der Waals surface area contributed by atoms with Gasteiger partial charge in [-0.3, -0.25) is 4.79 Å². The van der Waals surface area contributed by atoms with E-state index in [1.807, 2.05) is 23.1 Å². The number of rotatable bonds is 4. The molecular formula is C16H24N2O. The van der Waals surface area contributed by atoms with Crippen LogP contribution in [0.3, 0.4) is 0 Å². The van der Waals surface area contributed by atoms with E-state index in [0.29, 0.717) is 12.3 Å². The van der Waals surface area contributed by atoms with Gasteiger partial charge < -0.3 is 10.6 Å². The number of piperidine rings is 1. The number of nitrogens with zero attached hydrogens (tertiary/aromatic N) is 1. The molecule has 1 aromatic carbocycles. The molecule has 0 bridgehead atoms. The fraction of sp³-hybridized carbons (Fsp3) is 0.562. The predicted octanol–water partition coefficient (Wildman–Crippen LogP) is 2.21. The zero-order valence-corrected chi connectivity index (χ0v) is 11.7. The van der Waals surface area contributed by atoms with Crippen LogP contribution < -0.4 is 5.73 Å². The van der Waals surface area contributed by atoms with E-state index < -0.39 is 0 Å². The molecule has 3 nitrogen and oxygen atoms in total. The fourth-order valence-electron chi connectivity index (χ4n) is 2.76. The molecule has 2 atom stereocenters. The molecule has 2 unspecified atom stereocenters. The van der Waals surface area contributed by atoms with Crippen molar-refractivity contribution in [2.75, 3.05) is 13.1 Å². The SMILES string of the molecule is CCC1CN(C(=O)CCc2ccccc2)CCC1N. The maximum atomic E-state index is 12.2. The summed E-state index contributed by atoms with van der Waals surface area (Å²) in [5.41, 5.74) is 7.31. The molecule has 0 spiro atoms. The molecule has 1 fully saturated rings. The summed E-state index contributed by atoms with van der Waals surface area (Å²) in [5.74, 6) is 0.739. The summed E-state index contributed by atoms with van der Waals surface area (Å²) in [5, 5.41) is 0. The Bertz CT molecular complexity index is 404. The lowest BCUT2D eigenvalue weighted by molar-refractivity contribution is -0.133. The van der Waals surface area contributed by atoms with Crippen LogP contribution >= 0.6 is 0 Å². The van der Waals surface area contributed by atoms with E-state index >= 15 is 0 Å². The number of nitrogens with two attached hydrogens (primary N) is 1. The summed E-state index contributed by atoms with van der Waals surface area (Å²) < 4.78 is 0. The van der Waals surface area contributed by atoms with E-state index in [4.69, 9.17) is 5.73 Å². The monoisotopic (exact) mass is 260 g/mol. The number of carbonyl (C=O) groups is 1. The second-order valence-corrected chi connectivity index (χ2v) is 5.45. The molecule has 1 amide bonds. The third kappa shape index (κ3) is 3.80. The van der Waals surface area contributed by atoms with Gasteiger partial charge in [0.1, 0.15) is 0 Å². The second-order valence-electron chi connectivity index (χ2n) is 5.45. The van der Waals surface area contributed by atoms with E-state index in [1.54, 1.807) is 0 Å². The first-order valence-corrected chi connectivity index (χ1v) is 7.28. The summed E-state index contributed by atoms with van der Waals surface area (Å²) in [6, 6.07) is 10.5. The molecule has 0 aliphatic carbocycles. The van der Waals surface area contributed by atoms with Gasteiger partial charge in [0.2, 0.25) is 5.91 Å². The van der Waals surface area contributed by atoms with Gasteiger partial charge in [0, 0.05) is 25.6 Å². The van der Waals surface area contributed by atoms with Crippen molar-refractivity contribution in [3.05, 3.63) is 35.9 Å². The van der Waals surface area contributed by atoms with E-state index in [0.717, 1.165) is 32.4 Å². The Morgan fingerprint density at radius 3 is 2.79 bits per heavy atom. The van der Waals surface area contributed by atoms with E-state index in [1.165, 1.54) is 5.56 Å². The smallest absolute Gasteiger partial charge is 0.222 e. The highest BCUT2D eigenvalue weighted by Gasteiger charge is 2.27. The Hall–Kier alpha value is -1.35. The normalized spacial score (nSPS) is 23.4. The molecule has 3 heteroatoms. The van der Waals surface area contributed by atoms with Crippen LogP contribution in [0.25, 0.3) is 0 Å². The molecule has 1 aromatic rings. The number of aryl methyl sites for hydroxylation is 1. The molecular weight excluding hydrogens is 236 g/mol.